The number of H-pyrrole nitrogens is 1. The van der Waals surface area contributed by atoms with Crippen LogP contribution in [0.4, 0.5) is 5.69 Å². The largest absolute Gasteiger partial charge is 0.361 e. The van der Waals surface area contributed by atoms with E-state index in [4.69, 9.17) is 0 Å². The van der Waals surface area contributed by atoms with Gasteiger partial charge in [0, 0.05) is 29.2 Å². The smallest absolute Gasteiger partial charge is 0.224 e. The normalized spacial score (nSPS) is 11.2. The number of fused-ring (bicyclic) bond motifs is 2. The zero-order chi connectivity index (χ0) is 16.4. The number of aromatic nitrogens is 2. The molecule has 1 amide bonds. The number of amides is 1. The van der Waals surface area contributed by atoms with Crippen LogP contribution in [0.25, 0.3) is 21.1 Å². The van der Waals surface area contributed by atoms with E-state index in [1.54, 1.807) is 11.3 Å². The summed E-state index contributed by atoms with van der Waals surface area (Å²) in [5, 5.41) is 5.16. The Morgan fingerprint density at radius 2 is 2.08 bits per heavy atom. The number of hydrogen-bond acceptors (Lipinski definition) is 3. The third-order valence-corrected chi connectivity index (χ3v) is 5.07. The van der Waals surface area contributed by atoms with Gasteiger partial charge in [-0.1, -0.05) is 12.1 Å². The van der Waals surface area contributed by atoms with Crippen molar-refractivity contribution in [1.29, 1.82) is 0 Å². The number of nitrogens with one attached hydrogen (secondary N) is 2. The van der Waals surface area contributed by atoms with E-state index in [2.05, 4.69) is 21.4 Å². The fourth-order valence-electron chi connectivity index (χ4n) is 2.78. The van der Waals surface area contributed by atoms with Crippen LogP contribution < -0.4 is 5.32 Å². The average Bonchev–Trinajstić information content (AvgIpc) is 3.20. The van der Waals surface area contributed by atoms with Gasteiger partial charge in [-0.05, 0) is 49.2 Å². The van der Waals surface area contributed by atoms with E-state index in [-0.39, 0.29) is 5.91 Å². The van der Waals surface area contributed by atoms with Crippen LogP contribution in [0.15, 0.2) is 54.7 Å². The lowest BCUT2D eigenvalue weighted by Crippen LogP contribution is -2.11. The van der Waals surface area contributed by atoms with Gasteiger partial charge in [0.15, 0.2) is 0 Å². The molecule has 0 spiro atoms. The molecule has 2 heterocycles. The first kappa shape index (κ1) is 14.9. The van der Waals surface area contributed by atoms with E-state index >= 15 is 0 Å². The minimum atomic E-state index is 0.0472. The Labute approximate surface area is 143 Å². The fraction of sp³-hybridized carbons (Fsp3) is 0.158. The van der Waals surface area contributed by atoms with Crippen molar-refractivity contribution < 1.29 is 4.79 Å². The topological polar surface area (TPSA) is 57.8 Å². The first-order valence-electron chi connectivity index (χ1n) is 7.99. The summed E-state index contributed by atoms with van der Waals surface area (Å²) in [4.78, 5) is 19.9. The maximum absolute atomic E-state index is 12.1. The molecular weight excluding hydrogens is 318 g/mol. The maximum Gasteiger partial charge on any atom is 0.224 e. The molecular formula is C19H17N3OS. The number of carbonyl (C=O) groups is 1. The van der Waals surface area contributed by atoms with Gasteiger partial charge < -0.3 is 10.3 Å². The quantitative estimate of drug-likeness (QED) is 0.553. The molecule has 0 fully saturated rings. The van der Waals surface area contributed by atoms with Crippen molar-refractivity contribution >= 4 is 44.1 Å². The van der Waals surface area contributed by atoms with Crippen LogP contribution >= 0.6 is 11.3 Å². The SMILES string of the molecule is O=C(CCCc1nc2ccccc2s1)Nc1ccc2[nH]ccc2c1. The Balaban J connectivity index is 1.32. The molecule has 0 aliphatic heterocycles. The second kappa shape index (κ2) is 6.45. The third-order valence-electron chi connectivity index (χ3n) is 3.97. The highest BCUT2D eigenvalue weighted by atomic mass is 32.1. The monoisotopic (exact) mass is 335 g/mol. The van der Waals surface area contributed by atoms with Crippen LogP contribution in [0.2, 0.25) is 0 Å². The number of nitrogens with zero attached hydrogens (tertiary/aromatic N) is 1. The summed E-state index contributed by atoms with van der Waals surface area (Å²) in [6, 6.07) is 16.0. The van der Waals surface area contributed by atoms with E-state index in [1.807, 2.05) is 48.7 Å². The van der Waals surface area contributed by atoms with Gasteiger partial charge in [-0.15, -0.1) is 11.3 Å². The molecule has 0 unspecified atom stereocenters. The molecule has 0 aliphatic carbocycles. The molecule has 0 atom stereocenters. The van der Waals surface area contributed by atoms with Gasteiger partial charge in [-0.25, -0.2) is 4.98 Å². The maximum atomic E-state index is 12.1. The molecule has 24 heavy (non-hydrogen) atoms. The van der Waals surface area contributed by atoms with Crippen LogP contribution in [-0.4, -0.2) is 15.9 Å². The first-order valence-corrected chi connectivity index (χ1v) is 8.81. The van der Waals surface area contributed by atoms with Crippen molar-refractivity contribution in [2.24, 2.45) is 0 Å². The summed E-state index contributed by atoms with van der Waals surface area (Å²) in [5.41, 5.74) is 2.96. The summed E-state index contributed by atoms with van der Waals surface area (Å²) in [6.45, 7) is 0. The van der Waals surface area contributed by atoms with Gasteiger partial charge in [0.05, 0.1) is 15.2 Å². The molecule has 4 aromatic rings. The summed E-state index contributed by atoms with van der Waals surface area (Å²) < 4.78 is 1.21. The van der Waals surface area contributed by atoms with Crippen LogP contribution in [-0.2, 0) is 11.2 Å². The predicted octanol–water partition coefficient (Wildman–Crippen LogP) is 4.74. The zero-order valence-electron chi connectivity index (χ0n) is 13.1. The molecule has 2 aromatic carbocycles. The summed E-state index contributed by atoms with van der Waals surface area (Å²) in [6.07, 6.45) is 4.04. The average molecular weight is 335 g/mol. The number of hydrogen-bond donors (Lipinski definition) is 2. The van der Waals surface area contributed by atoms with Crippen LogP contribution in [0, 0.1) is 0 Å². The molecule has 5 heteroatoms. The van der Waals surface area contributed by atoms with Crippen LogP contribution in [0.3, 0.4) is 0 Å². The van der Waals surface area contributed by atoms with E-state index in [9.17, 15) is 4.79 Å². The van der Waals surface area contributed by atoms with Crippen LogP contribution in [0.5, 0.6) is 0 Å². The molecule has 2 aromatic heterocycles. The lowest BCUT2D eigenvalue weighted by molar-refractivity contribution is -0.116. The van der Waals surface area contributed by atoms with Crippen molar-refractivity contribution in [1.82, 2.24) is 9.97 Å². The third kappa shape index (κ3) is 3.16. The van der Waals surface area contributed by atoms with Crippen molar-refractivity contribution in [3.8, 4) is 0 Å². The number of para-hydroxylation sites is 1. The Bertz CT molecular complexity index is 969. The highest BCUT2D eigenvalue weighted by Crippen LogP contribution is 2.23. The highest BCUT2D eigenvalue weighted by molar-refractivity contribution is 7.18. The molecule has 4 rings (SSSR count). The van der Waals surface area contributed by atoms with Gasteiger partial charge in [0.1, 0.15) is 0 Å². The Morgan fingerprint density at radius 3 is 3.00 bits per heavy atom. The number of rotatable bonds is 5. The Kier molecular flexibility index (Phi) is 4.01. The molecule has 0 saturated carbocycles. The first-order chi connectivity index (χ1) is 11.8. The number of carbonyl (C=O) groups excluding carboxylic acids is 1. The molecule has 0 aliphatic rings. The van der Waals surface area contributed by atoms with Crippen molar-refractivity contribution in [3.63, 3.8) is 0 Å². The minimum Gasteiger partial charge on any atom is -0.361 e. The lowest BCUT2D eigenvalue weighted by Gasteiger charge is -2.05. The fourth-order valence-corrected chi connectivity index (χ4v) is 3.79. The number of benzene rings is 2. The van der Waals surface area contributed by atoms with E-state index in [1.165, 1.54) is 4.70 Å². The second-order valence-electron chi connectivity index (χ2n) is 5.76. The number of aryl methyl sites for hydroxylation is 1. The van der Waals surface area contributed by atoms with Crippen molar-refractivity contribution in [3.05, 3.63) is 59.7 Å². The minimum absolute atomic E-state index is 0.0472. The molecule has 0 saturated heterocycles. The van der Waals surface area contributed by atoms with Crippen molar-refractivity contribution in [2.75, 3.05) is 5.32 Å². The van der Waals surface area contributed by atoms with Crippen LogP contribution in [0.1, 0.15) is 17.8 Å². The Hall–Kier alpha value is -2.66. The number of aromatic amines is 1. The molecule has 0 bridgehead atoms. The molecule has 2 N–H and O–H groups in total. The van der Waals surface area contributed by atoms with Gasteiger partial charge in [0.25, 0.3) is 0 Å². The molecule has 120 valence electrons. The van der Waals surface area contributed by atoms with E-state index < -0.39 is 0 Å². The number of anilines is 1. The Morgan fingerprint density at radius 1 is 1.17 bits per heavy atom. The standard InChI is InChI=1S/C19H17N3OS/c23-18(21-14-8-9-15-13(12-14)10-11-20-15)6-3-7-19-22-16-4-1-2-5-17(16)24-19/h1-2,4-5,8-12,20H,3,6-7H2,(H,21,23). The highest BCUT2D eigenvalue weighted by Gasteiger charge is 2.06. The summed E-state index contributed by atoms with van der Waals surface area (Å²) in [7, 11) is 0. The summed E-state index contributed by atoms with van der Waals surface area (Å²) >= 11 is 1.71. The predicted molar refractivity (Wildman–Crippen MR) is 99.5 cm³/mol. The molecule has 4 nitrogen and oxygen atoms in total. The number of thiazole rings is 1. The lowest BCUT2D eigenvalue weighted by atomic mass is 10.2. The van der Waals surface area contributed by atoms with Gasteiger partial charge in [0.2, 0.25) is 5.91 Å². The van der Waals surface area contributed by atoms with Gasteiger partial charge in [-0.3, -0.25) is 4.79 Å². The molecule has 0 radical (unpaired) electrons. The van der Waals surface area contributed by atoms with E-state index in [0.29, 0.717) is 6.42 Å². The second-order valence-corrected chi connectivity index (χ2v) is 6.87. The summed E-state index contributed by atoms with van der Waals surface area (Å²) in [5.74, 6) is 0.0472. The van der Waals surface area contributed by atoms with Crippen molar-refractivity contribution in [2.45, 2.75) is 19.3 Å². The van der Waals surface area contributed by atoms with E-state index in [0.717, 1.165) is 40.0 Å². The van der Waals surface area contributed by atoms with Gasteiger partial charge >= 0.3 is 0 Å². The van der Waals surface area contributed by atoms with Gasteiger partial charge in [-0.2, -0.15) is 0 Å². The zero-order valence-corrected chi connectivity index (χ0v) is 13.9.